The summed E-state index contributed by atoms with van der Waals surface area (Å²) in [7, 11) is 3.32. The molecule has 0 spiro atoms. The monoisotopic (exact) mass is 264 g/mol. The third-order valence-corrected chi connectivity index (χ3v) is 3.78. The molecule has 1 fully saturated rings. The second kappa shape index (κ2) is 6.26. The van der Waals surface area contributed by atoms with Gasteiger partial charge in [-0.2, -0.15) is 0 Å². The lowest BCUT2D eigenvalue weighted by molar-refractivity contribution is 0.218. The Balaban J connectivity index is 2.30. The lowest BCUT2D eigenvalue weighted by Crippen LogP contribution is -2.37. The number of benzene rings is 1. The Labute approximate surface area is 115 Å². The van der Waals surface area contributed by atoms with Gasteiger partial charge in [-0.3, -0.25) is 4.90 Å². The van der Waals surface area contributed by atoms with Gasteiger partial charge in [0.2, 0.25) is 0 Å². The van der Waals surface area contributed by atoms with E-state index in [0.29, 0.717) is 0 Å². The predicted molar refractivity (Wildman–Crippen MR) is 76.7 cm³/mol. The number of hydrogen-bond donors (Lipinski definition) is 1. The number of hydrogen-bond acceptors (Lipinski definition) is 4. The first-order valence-corrected chi connectivity index (χ1v) is 6.89. The van der Waals surface area contributed by atoms with Crippen LogP contribution in [0.1, 0.15) is 31.4 Å². The van der Waals surface area contributed by atoms with Gasteiger partial charge in [-0.25, -0.2) is 0 Å². The van der Waals surface area contributed by atoms with Crippen molar-refractivity contribution in [1.29, 1.82) is 0 Å². The summed E-state index contributed by atoms with van der Waals surface area (Å²) in [4.78, 5) is 2.46. The molecular formula is C15H24N2O2. The van der Waals surface area contributed by atoms with Crippen LogP contribution >= 0.6 is 0 Å². The number of rotatable bonds is 5. The standard InChI is InChI=1S/C15H24N2O2/c1-11(16)15(17-8-4-5-9-17)12-6-7-13(18-2)14(10-12)19-3/h6-7,10-11,15H,4-5,8-9,16H2,1-3H3. The van der Waals surface area contributed by atoms with Crippen molar-refractivity contribution >= 4 is 0 Å². The van der Waals surface area contributed by atoms with Gasteiger partial charge in [0.1, 0.15) is 0 Å². The van der Waals surface area contributed by atoms with Gasteiger partial charge in [0.15, 0.2) is 11.5 Å². The van der Waals surface area contributed by atoms with Gasteiger partial charge in [-0.05, 0) is 50.6 Å². The molecule has 0 aromatic heterocycles. The maximum Gasteiger partial charge on any atom is 0.161 e. The Kier molecular flexibility index (Phi) is 4.66. The largest absolute Gasteiger partial charge is 0.493 e. The Bertz CT molecular complexity index is 415. The smallest absolute Gasteiger partial charge is 0.161 e. The minimum atomic E-state index is 0.0937. The molecule has 19 heavy (non-hydrogen) atoms. The lowest BCUT2D eigenvalue weighted by atomic mass is 9.99. The van der Waals surface area contributed by atoms with Crippen molar-refractivity contribution in [2.24, 2.45) is 5.73 Å². The second-order valence-electron chi connectivity index (χ2n) is 5.16. The molecule has 4 heteroatoms. The fraction of sp³-hybridized carbons (Fsp3) is 0.600. The lowest BCUT2D eigenvalue weighted by Gasteiger charge is -2.31. The molecule has 1 aromatic rings. The predicted octanol–water partition coefficient (Wildman–Crippen LogP) is 2.19. The van der Waals surface area contributed by atoms with Crippen LogP contribution in [-0.2, 0) is 0 Å². The van der Waals surface area contributed by atoms with Crippen molar-refractivity contribution < 1.29 is 9.47 Å². The molecule has 1 aliphatic rings. The Morgan fingerprint density at radius 1 is 1.11 bits per heavy atom. The fourth-order valence-electron chi connectivity index (χ4n) is 2.90. The summed E-state index contributed by atoms with van der Waals surface area (Å²) in [5.41, 5.74) is 7.40. The van der Waals surface area contributed by atoms with E-state index in [0.717, 1.165) is 24.6 Å². The van der Waals surface area contributed by atoms with Crippen LogP contribution in [0.4, 0.5) is 0 Å². The maximum absolute atomic E-state index is 6.20. The minimum absolute atomic E-state index is 0.0937. The van der Waals surface area contributed by atoms with Gasteiger partial charge in [0.05, 0.1) is 14.2 Å². The topological polar surface area (TPSA) is 47.7 Å². The van der Waals surface area contributed by atoms with Crippen LogP contribution in [0.5, 0.6) is 11.5 Å². The van der Waals surface area contributed by atoms with Gasteiger partial charge in [-0.15, -0.1) is 0 Å². The zero-order chi connectivity index (χ0) is 13.8. The van der Waals surface area contributed by atoms with Crippen molar-refractivity contribution in [1.82, 2.24) is 4.90 Å². The molecule has 2 N–H and O–H groups in total. The molecule has 2 unspecified atom stereocenters. The van der Waals surface area contributed by atoms with E-state index in [2.05, 4.69) is 17.9 Å². The highest BCUT2D eigenvalue weighted by Crippen LogP contribution is 2.34. The first kappa shape index (κ1) is 14.2. The average molecular weight is 264 g/mol. The van der Waals surface area contributed by atoms with Crippen molar-refractivity contribution in [3.63, 3.8) is 0 Å². The third-order valence-electron chi connectivity index (χ3n) is 3.78. The summed E-state index contributed by atoms with van der Waals surface area (Å²) < 4.78 is 10.7. The summed E-state index contributed by atoms with van der Waals surface area (Å²) in [6.07, 6.45) is 2.52. The van der Waals surface area contributed by atoms with Crippen molar-refractivity contribution in [3.05, 3.63) is 23.8 Å². The van der Waals surface area contributed by atoms with E-state index in [1.54, 1.807) is 14.2 Å². The molecule has 1 heterocycles. The molecule has 0 bridgehead atoms. The van der Waals surface area contributed by atoms with Crippen LogP contribution in [0.25, 0.3) is 0 Å². The Morgan fingerprint density at radius 2 is 1.74 bits per heavy atom. The Hall–Kier alpha value is -1.26. The molecule has 4 nitrogen and oxygen atoms in total. The molecule has 1 aliphatic heterocycles. The molecule has 0 saturated carbocycles. The highest BCUT2D eigenvalue weighted by molar-refractivity contribution is 5.44. The van der Waals surface area contributed by atoms with Crippen molar-refractivity contribution in [2.75, 3.05) is 27.3 Å². The first-order chi connectivity index (χ1) is 9.17. The fourth-order valence-corrected chi connectivity index (χ4v) is 2.90. The van der Waals surface area contributed by atoms with E-state index in [9.17, 15) is 0 Å². The second-order valence-corrected chi connectivity index (χ2v) is 5.16. The minimum Gasteiger partial charge on any atom is -0.493 e. The SMILES string of the molecule is COc1ccc(C(C(C)N)N2CCCC2)cc1OC. The molecule has 1 aromatic carbocycles. The highest BCUT2D eigenvalue weighted by atomic mass is 16.5. The van der Waals surface area contributed by atoms with Crippen LogP contribution in [0.3, 0.4) is 0 Å². The third kappa shape index (κ3) is 3.01. The van der Waals surface area contributed by atoms with Crippen LogP contribution < -0.4 is 15.2 Å². The zero-order valence-corrected chi connectivity index (χ0v) is 12.1. The maximum atomic E-state index is 6.20. The highest BCUT2D eigenvalue weighted by Gasteiger charge is 2.27. The summed E-state index contributed by atoms with van der Waals surface area (Å²) >= 11 is 0. The van der Waals surface area contributed by atoms with Crippen LogP contribution in [0.2, 0.25) is 0 Å². The van der Waals surface area contributed by atoms with Crippen molar-refractivity contribution in [2.45, 2.75) is 31.8 Å². The quantitative estimate of drug-likeness (QED) is 0.885. The molecule has 1 saturated heterocycles. The van der Waals surface area contributed by atoms with Gasteiger partial charge in [-0.1, -0.05) is 6.07 Å². The van der Waals surface area contributed by atoms with Crippen LogP contribution in [-0.4, -0.2) is 38.3 Å². The van der Waals surface area contributed by atoms with Crippen LogP contribution in [0.15, 0.2) is 18.2 Å². The molecule has 2 rings (SSSR count). The normalized spacial score (nSPS) is 19.2. The molecule has 0 radical (unpaired) electrons. The first-order valence-electron chi connectivity index (χ1n) is 6.89. The van der Waals surface area contributed by atoms with Gasteiger partial charge >= 0.3 is 0 Å². The van der Waals surface area contributed by atoms with Crippen molar-refractivity contribution in [3.8, 4) is 11.5 Å². The number of nitrogens with two attached hydrogens (primary N) is 1. The van der Waals surface area contributed by atoms with E-state index in [4.69, 9.17) is 15.2 Å². The van der Waals surface area contributed by atoms with E-state index in [-0.39, 0.29) is 12.1 Å². The van der Waals surface area contributed by atoms with E-state index >= 15 is 0 Å². The summed E-state index contributed by atoms with van der Waals surface area (Å²) in [5.74, 6) is 1.53. The van der Waals surface area contributed by atoms with Gasteiger partial charge in [0, 0.05) is 12.1 Å². The summed E-state index contributed by atoms with van der Waals surface area (Å²) in [6, 6.07) is 6.44. The number of ether oxygens (including phenoxy) is 2. The zero-order valence-electron chi connectivity index (χ0n) is 12.1. The number of likely N-dealkylation sites (tertiary alicyclic amines) is 1. The molecule has 2 atom stereocenters. The Morgan fingerprint density at radius 3 is 2.26 bits per heavy atom. The summed E-state index contributed by atoms with van der Waals surface area (Å²) in [5, 5.41) is 0. The van der Waals surface area contributed by atoms with E-state index in [1.165, 1.54) is 18.4 Å². The van der Waals surface area contributed by atoms with Crippen LogP contribution in [0, 0.1) is 0 Å². The van der Waals surface area contributed by atoms with E-state index < -0.39 is 0 Å². The van der Waals surface area contributed by atoms with E-state index in [1.807, 2.05) is 12.1 Å². The number of methoxy groups -OCH3 is 2. The summed E-state index contributed by atoms with van der Waals surface area (Å²) in [6.45, 7) is 4.32. The van der Waals surface area contributed by atoms with Gasteiger partial charge < -0.3 is 15.2 Å². The molecule has 106 valence electrons. The molecular weight excluding hydrogens is 240 g/mol. The van der Waals surface area contributed by atoms with Gasteiger partial charge in [0.25, 0.3) is 0 Å². The number of nitrogens with zero attached hydrogens (tertiary/aromatic N) is 1. The molecule has 0 aliphatic carbocycles. The average Bonchev–Trinajstić information content (AvgIpc) is 2.92. The molecule has 0 amide bonds.